The minimum absolute atomic E-state index is 0.0284. The number of carbonyl (C=O) groups excluding carboxylic acids is 1. The molecule has 0 spiro atoms. The van der Waals surface area contributed by atoms with Gasteiger partial charge in [0.2, 0.25) is 5.91 Å². The van der Waals surface area contributed by atoms with Crippen molar-refractivity contribution in [3.63, 3.8) is 0 Å². The lowest BCUT2D eigenvalue weighted by Crippen LogP contribution is -2.21. The number of para-hydroxylation sites is 1. The molecule has 1 amide bonds. The zero-order valence-electron chi connectivity index (χ0n) is 10.1. The molecule has 0 bridgehead atoms. The molecule has 0 fully saturated rings. The zero-order chi connectivity index (χ0) is 12.7. The van der Waals surface area contributed by atoms with Crippen LogP contribution in [0.2, 0.25) is 0 Å². The summed E-state index contributed by atoms with van der Waals surface area (Å²) in [6.45, 7) is 2.41. The second-order valence-electron chi connectivity index (χ2n) is 4.14. The van der Waals surface area contributed by atoms with Crippen molar-refractivity contribution in [2.45, 2.75) is 26.4 Å². The monoisotopic (exact) mass is 236 g/mol. The van der Waals surface area contributed by atoms with E-state index in [0.29, 0.717) is 12.2 Å². The van der Waals surface area contributed by atoms with E-state index in [9.17, 15) is 4.79 Å². The van der Waals surface area contributed by atoms with Crippen LogP contribution in [0.15, 0.2) is 24.3 Å². The van der Waals surface area contributed by atoms with Gasteiger partial charge in [-0.15, -0.1) is 0 Å². The van der Waals surface area contributed by atoms with Crippen molar-refractivity contribution in [1.29, 1.82) is 0 Å². The highest BCUT2D eigenvalue weighted by molar-refractivity contribution is 5.92. The van der Waals surface area contributed by atoms with E-state index in [1.165, 1.54) is 0 Å². The molecule has 1 unspecified atom stereocenters. The third-order valence-electron chi connectivity index (χ3n) is 2.73. The van der Waals surface area contributed by atoms with Crippen molar-refractivity contribution in [1.82, 2.24) is 0 Å². The van der Waals surface area contributed by atoms with Crippen LogP contribution in [0, 0.1) is 5.92 Å². The molecule has 94 valence electrons. The van der Waals surface area contributed by atoms with Crippen LogP contribution in [0.5, 0.6) is 0 Å². The molecule has 1 rings (SSSR count). The first-order valence-corrected chi connectivity index (χ1v) is 5.88. The summed E-state index contributed by atoms with van der Waals surface area (Å²) < 4.78 is 0. The Morgan fingerprint density at radius 3 is 2.82 bits per heavy atom. The van der Waals surface area contributed by atoms with Crippen molar-refractivity contribution in [2.24, 2.45) is 11.7 Å². The predicted octanol–water partition coefficient (Wildman–Crippen LogP) is 1.49. The molecular formula is C13H20N2O2. The van der Waals surface area contributed by atoms with Gasteiger partial charge in [-0.25, -0.2) is 0 Å². The van der Waals surface area contributed by atoms with E-state index < -0.39 is 0 Å². The van der Waals surface area contributed by atoms with Crippen molar-refractivity contribution >= 4 is 11.6 Å². The molecule has 1 atom stereocenters. The average molecular weight is 236 g/mol. The molecule has 0 radical (unpaired) electrons. The number of hydrogen-bond donors (Lipinski definition) is 3. The summed E-state index contributed by atoms with van der Waals surface area (Å²) in [5.74, 6) is -0.0929. The van der Waals surface area contributed by atoms with Crippen LogP contribution in [0.25, 0.3) is 0 Å². The maximum Gasteiger partial charge on any atom is 0.227 e. The first kappa shape index (κ1) is 13.7. The standard InChI is InChI=1S/C13H20N2O2/c1-10(5-4-8-14)13(17)15-12-7-3-2-6-11(12)9-16/h2-3,6-7,10,16H,4-5,8-9,14H2,1H3,(H,15,17). The van der Waals surface area contributed by atoms with Crippen LogP contribution in [0.3, 0.4) is 0 Å². The van der Waals surface area contributed by atoms with Gasteiger partial charge in [0.25, 0.3) is 0 Å². The number of aliphatic hydroxyl groups is 1. The van der Waals surface area contributed by atoms with E-state index in [1.54, 1.807) is 12.1 Å². The second-order valence-corrected chi connectivity index (χ2v) is 4.14. The molecule has 0 aromatic heterocycles. The molecule has 0 aliphatic rings. The van der Waals surface area contributed by atoms with E-state index in [0.717, 1.165) is 18.4 Å². The van der Waals surface area contributed by atoms with Crippen LogP contribution in [-0.2, 0) is 11.4 Å². The molecule has 0 saturated heterocycles. The largest absolute Gasteiger partial charge is 0.392 e. The highest BCUT2D eigenvalue weighted by atomic mass is 16.3. The summed E-state index contributed by atoms with van der Waals surface area (Å²) in [6, 6.07) is 7.25. The quantitative estimate of drug-likeness (QED) is 0.700. The minimum atomic E-state index is -0.0758. The normalized spacial score (nSPS) is 12.2. The fourth-order valence-electron chi connectivity index (χ4n) is 1.59. The van der Waals surface area contributed by atoms with Crippen molar-refractivity contribution in [3.8, 4) is 0 Å². The molecule has 1 aromatic rings. The van der Waals surface area contributed by atoms with Crippen molar-refractivity contribution < 1.29 is 9.90 Å². The first-order valence-electron chi connectivity index (χ1n) is 5.88. The number of carbonyl (C=O) groups is 1. The first-order chi connectivity index (χ1) is 8.19. The fourth-order valence-corrected chi connectivity index (χ4v) is 1.59. The van der Waals surface area contributed by atoms with Crippen LogP contribution in [-0.4, -0.2) is 17.6 Å². The van der Waals surface area contributed by atoms with Gasteiger partial charge in [0.1, 0.15) is 0 Å². The number of nitrogens with two attached hydrogens (primary N) is 1. The van der Waals surface area contributed by atoms with Gasteiger partial charge >= 0.3 is 0 Å². The Labute approximate surface area is 102 Å². The second kappa shape index (κ2) is 7.04. The number of amides is 1. The van der Waals surface area contributed by atoms with Crippen LogP contribution >= 0.6 is 0 Å². The molecule has 4 nitrogen and oxygen atoms in total. The van der Waals surface area contributed by atoms with Gasteiger partial charge < -0.3 is 16.2 Å². The maximum absolute atomic E-state index is 11.9. The lowest BCUT2D eigenvalue weighted by Gasteiger charge is -2.13. The Morgan fingerprint density at radius 1 is 1.47 bits per heavy atom. The Bertz CT molecular complexity index is 366. The zero-order valence-corrected chi connectivity index (χ0v) is 10.1. The van der Waals surface area contributed by atoms with E-state index in [2.05, 4.69) is 5.32 Å². The van der Waals surface area contributed by atoms with E-state index >= 15 is 0 Å². The van der Waals surface area contributed by atoms with Crippen LogP contribution < -0.4 is 11.1 Å². The molecule has 4 heteroatoms. The number of anilines is 1. The Morgan fingerprint density at radius 2 is 2.18 bits per heavy atom. The maximum atomic E-state index is 11.9. The summed E-state index contributed by atoms with van der Waals surface area (Å²) in [5.41, 5.74) is 6.82. The molecule has 0 aliphatic heterocycles. The van der Waals surface area contributed by atoms with Gasteiger partial charge in [-0.3, -0.25) is 4.79 Å². The molecule has 0 heterocycles. The van der Waals surface area contributed by atoms with E-state index in [1.807, 2.05) is 19.1 Å². The van der Waals surface area contributed by atoms with Crippen molar-refractivity contribution in [2.75, 3.05) is 11.9 Å². The SMILES string of the molecule is CC(CCCN)C(=O)Nc1ccccc1CO. The average Bonchev–Trinajstić information content (AvgIpc) is 2.36. The van der Waals surface area contributed by atoms with Crippen LogP contribution in [0.4, 0.5) is 5.69 Å². The van der Waals surface area contributed by atoms with Crippen molar-refractivity contribution in [3.05, 3.63) is 29.8 Å². The third-order valence-corrected chi connectivity index (χ3v) is 2.73. The molecule has 1 aromatic carbocycles. The molecular weight excluding hydrogens is 216 g/mol. The number of hydrogen-bond acceptors (Lipinski definition) is 3. The summed E-state index contributed by atoms with van der Waals surface area (Å²) in [7, 11) is 0. The fraction of sp³-hybridized carbons (Fsp3) is 0.462. The highest BCUT2D eigenvalue weighted by Crippen LogP contribution is 2.16. The predicted molar refractivity (Wildman–Crippen MR) is 68.4 cm³/mol. The smallest absolute Gasteiger partial charge is 0.227 e. The summed E-state index contributed by atoms with van der Waals surface area (Å²) >= 11 is 0. The Hall–Kier alpha value is -1.39. The third kappa shape index (κ3) is 4.17. The lowest BCUT2D eigenvalue weighted by atomic mass is 10.0. The van der Waals surface area contributed by atoms with Gasteiger partial charge in [-0.2, -0.15) is 0 Å². The lowest BCUT2D eigenvalue weighted by molar-refractivity contribution is -0.119. The van der Waals surface area contributed by atoms with Crippen LogP contribution in [0.1, 0.15) is 25.3 Å². The number of aliphatic hydroxyl groups excluding tert-OH is 1. The summed E-state index contributed by atoms with van der Waals surface area (Å²) in [6.07, 6.45) is 1.62. The van der Waals surface area contributed by atoms with Gasteiger partial charge in [-0.1, -0.05) is 25.1 Å². The topological polar surface area (TPSA) is 75.4 Å². The number of nitrogens with one attached hydrogen (secondary N) is 1. The van der Waals surface area contributed by atoms with Gasteiger partial charge in [0.15, 0.2) is 0 Å². The number of rotatable bonds is 6. The Kier molecular flexibility index (Phi) is 5.66. The molecule has 0 saturated carbocycles. The summed E-state index contributed by atoms with van der Waals surface area (Å²) in [5, 5.41) is 12.0. The van der Waals surface area contributed by atoms with Gasteiger partial charge in [0.05, 0.1) is 6.61 Å². The summed E-state index contributed by atoms with van der Waals surface area (Å²) in [4.78, 5) is 11.9. The molecule has 4 N–H and O–H groups in total. The highest BCUT2D eigenvalue weighted by Gasteiger charge is 2.13. The molecule has 0 aliphatic carbocycles. The minimum Gasteiger partial charge on any atom is -0.392 e. The molecule has 17 heavy (non-hydrogen) atoms. The van der Waals surface area contributed by atoms with Gasteiger partial charge in [0, 0.05) is 17.2 Å². The van der Waals surface area contributed by atoms with Gasteiger partial charge in [-0.05, 0) is 25.5 Å². The van der Waals surface area contributed by atoms with E-state index in [4.69, 9.17) is 10.8 Å². The number of benzene rings is 1. The Balaban J connectivity index is 2.61. The van der Waals surface area contributed by atoms with E-state index in [-0.39, 0.29) is 18.4 Å².